The third-order valence-corrected chi connectivity index (χ3v) is 5.92. The van der Waals surface area contributed by atoms with Gasteiger partial charge in [0.1, 0.15) is 0 Å². The first-order valence-corrected chi connectivity index (χ1v) is 10.4. The standard InChI is InChI=1S/C20H16Cl2N2O3S/c1-13-7-8-14(20(25)23-19-12-15(21)9-10-17(19)22)11-18(13)24-28(26,27)16-5-3-2-4-6-16/h2-12,24H,1H3,(H,23,25). The lowest BCUT2D eigenvalue weighted by Crippen LogP contribution is -2.16. The fourth-order valence-electron chi connectivity index (χ4n) is 2.46. The number of carbonyl (C=O) groups is 1. The number of anilines is 2. The molecule has 0 fully saturated rings. The van der Waals surface area contributed by atoms with Crippen LogP contribution in [0.1, 0.15) is 15.9 Å². The first-order chi connectivity index (χ1) is 13.3. The van der Waals surface area contributed by atoms with Gasteiger partial charge in [0.15, 0.2) is 0 Å². The Morgan fingerprint density at radius 2 is 1.61 bits per heavy atom. The van der Waals surface area contributed by atoms with Gasteiger partial charge in [-0.15, -0.1) is 0 Å². The number of sulfonamides is 1. The van der Waals surface area contributed by atoms with Crippen molar-refractivity contribution in [1.82, 2.24) is 0 Å². The number of aryl methyl sites for hydroxylation is 1. The number of rotatable bonds is 5. The number of amides is 1. The van der Waals surface area contributed by atoms with Crippen LogP contribution in [0.4, 0.5) is 11.4 Å². The molecule has 0 aliphatic rings. The Morgan fingerprint density at radius 3 is 2.32 bits per heavy atom. The molecule has 0 bridgehead atoms. The predicted molar refractivity (Wildman–Crippen MR) is 113 cm³/mol. The van der Waals surface area contributed by atoms with Gasteiger partial charge in [0, 0.05) is 10.6 Å². The molecule has 0 unspecified atom stereocenters. The smallest absolute Gasteiger partial charge is 0.261 e. The van der Waals surface area contributed by atoms with Gasteiger partial charge in [-0.2, -0.15) is 0 Å². The second kappa shape index (κ2) is 8.22. The van der Waals surface area contributed by atoms with E-state index in [2.05, 4.69) is 10.0 Å². The molecule has 3 aromatic rings. The molecule has 0 saturated carbocycles. The highest BCUT2D eigenvalue weighted by Gasteiger charge is 2.17. The monoisotopic (exact) mass is 434 g/mol. The quantitative estimate of drug-likeness (QED) is 0.567. The van der Waals surface area contributed by atoms with Crippen LogP contribution in [0.2, 0.25) is 10.0 Å². The van der Waals surface area contributed by atoms with Crippen molar-refractivity contribution >= 4 is 50.5 Å². The van der Waals surface area contributed by atoms with Crippen molar-refractivity contribution in [3.8, 4) is 0 Å². The molecule has 0 aliphatic heterocycles. The first-order valence-electron chi connectivity index (χ1n) is 8.21. The summed E-state index contributed by atoms with van der Waals surface area (Å²) < 4.78 is 27.7. The number of carbonyl (C=O) groups excluding carboxylic acids is 1. The molecule has 8 heteroatoms. The van der Waals surface area contributed by atoms with Crippen LogP contribution < -0.4 is 10.0 Å². The Kier molecular flexibility index (Phi) is 5.93. The molecule has 0 aromatic heterocycles. The van der Waals surface area contributed by atoms with Crippen LogP contribution in [0.25, 0.3) is 0 Å². The molecule has 28 heavy (non-hydrogen) atoms. The zero-order chi connectivity index (χ0) is 20.3. The SMILES string of the molecule is Cc1ccc(C(=O)Nc2cc(Cl)ccc2Cl)cc1NS(=O)(=O)c1ccccc1. The van der Waals surface area contributed by atoms with E-state index in [0.29, 0.717) is 27.0 Å². The molecule has 0 atom stereocenters. The summed E-state index contributed by atoms with van der Waals surface area (Å²) in [6.45, 7) is 1.75. The minimum atomic E-state index is -3.77. The van der Waals surface area contributed by atoms with E-state index in [1.165, 1.54) is 24.3 Å². The molecule has 3 rings (SSSR count). The Morgan fingerprint density at radius 1 is 0.893 bits per heavy atom. The van der Waals surface area contributed by atoms with Crippen molar-refractivity contribution in [2.45, 2.75) is 11.8 Å². The van der Waals surface area contributed by atoms with Gasteiger partial charge >= 0.3 is 0 Å². The molecule has 0 aliphatic carbocycles. The summed E-state index contributed by atoms with van der Waals surface area (Å²) in [6.07, 6.45) is 0. The Labute approximate surface area is 173 Å². The molecular formula is C20H16Cl2N2O3S. The lowest BCUT2D eigenvalue weighted by molar-refractivity contribution is 0.102. The van der Waals surface area contributed by atoms with Crippen LogP contribution in [0.3, 0.4) is 0 Å². The zero-order valence-electron chi connectivity index (χ0n) is 14.7. The minimum Gasteiger partial charge on any atom is -0.321 e. The van der Waals surface area contributed by atoms with E-state index in [4.69, 9.17) is 23.2 Å². The van der Waals surface area contributed by atoms with Gasteiger partial charge in [-0.25, -0.2) is 8.42 Å². The minimum absolute atomic E-state index is 0.134. The molecule has 0 heterocycles. The van der Waals surface area contributed by atoms with Gasteiger partial charge in [-0.1, -0.05) is 47.5 Å². The summed E-state index contributed by atoms with van der Waals surface area (Å²) >= 11 is 12.0. The average Bonchev–Trinajstić information content (AvgIpc) is 2.67. The van der Waals surface area contributed by atoms with Crippen LogP contribution in [0, 0.1) is 6.92 Å². The van der Waals surface area contributed by atoms with Crippen molar-refractivity contribution in [3.05, 3.63) is 87.9 Å². The number of halogens is 2. The molecule has 0 saturated heterocycles. The molecule has 2 N–H and O–H groups in total. The second-order valence-electron chi connectivity index (χ2n) is 6.03. The summed E-state index contributed by atoms with van der Waals surface area (Å²) in [5.41, 5.74) is 1.63. The Balaban J connectivity index is 1.87. The lowest BCUT2D eigenvalue weighted by Gasteiger charge is -2.13. The molecule has 1 amide bonds. The molecule has 0 spiro atoms. The van der Waals surface area contributed by atoms with E-state index in [0.717, 1.165) is 0 Å². The zero-order valence-corrected chi connectivity index (χ0v) is 17.1. The maximum Gasteiger partial charge on any atom is 0.261 e. The first kappa shape index (κ1) is 20.2. The van der Waals surface area contributed by atoms with Gasteiger partial charge in [-0.05, 0) is 55.0 Å². The van der Waals surface area contributed by atoms with E-state index in [9.17, 15) is 13.2 Å². The van der Waals surface area contributed by atoms with E-state index in [1.807, 2.05) is 0 Å². The number of hydrogen-bond acceptors (Lipinski definition) is 3. The van der Waals surface area contributed by atoms with Crippen LogP contribution in [-0.4, -0.2) is 14.3 Å². The number of nitrogens with one attached hydrogen (secondary N) is 2. The summed E-state index contributed by atoms with van der Waals surface area (Å²) in [7, 11) is -3.77. The van der Waals surface area contributed by atoms with Crippen LogP contribution >= 0.6 is 23.2 Å². The summed E-state index contributed by atoms with van der Waals surface area (Å²) in [4.78, 5) is 12.7. The van der Waals surface area contributed by atoms with E-state index < -0.39 is 15.9 Å². The molecule has 5 nitrogen and oxygen atoms in total. The number of hydrogen-bond donors (Lipinski definition) is 2. The van der Waals surface area contributed by atoms with Crippen molar-refractivity contribution in [2.24, 2.45) is 0 Å². The maximum absolute atomic E-state index is 12.6. The van der Waals surface area contributed by atoms with Crippen LogP contribution in [-0.2, 0) is 10.0 Å². The molecular weight excluding hydrogens is 419 g/mol. The van der Waals surface area contributed by atoms with Gasteiger partial charge in [0.2, 0.25) is 0 Å². The summed E-state index contributed by atoms with van der Waals surface area (Å²) in [6, 6.07) is 17.5. The third-order valence-electron chi connectivity index (χ3n) is 3.97. The third kappa shape index (κ3) is 4.65. The average molecular weight is 435 g/mol. The highest BCUT2D eigenvalue weighted by Crippen LogP contribution is 2.27. The Bertz CT molecular complexity index is 1130. The van der Waals surface area contributed by atoms with Gasteiger partial charge < -0.3 is 5.32 Å². The van der Waals surface area contributed by atoms with Gasteiger partial charge in [-0.3, -0.25) is 9.52 Å². The molecule has 3 aromatic carbocycles. The lowest BCUT2D eigenvalue weighted by atomic mass is 10.1. The van der Waals surface area contributed by atoms with Crippen molar-refractivity contribution < 1.29 is 13.2 Å². The second-order valence-corrected chi connectivity index (χ2v) is 8.55. The highest BCUT2D eigenvalue weighted by molar-refractivity contribution is 7.92. The maximum atomic E-state index is 12.6. The summed E-state index contributed by atoms with van der Waals surface area (Å²) in [5.74, 6) is -0.440. The topological polar surface area (TPSA) is 75.3 Å². The van der Waals surface area contributed by atoms with Crippen LogP contribution in [0.15, 0.2) is 71.6 Å². The highest BCUT2D eigenvalue weighted by atomic mass is 35.5. The van der Waals surface area contributed by atoms with Crippen molar-refractivity contribution in [2.75, 3.05) is 10.0 Å². The van der Waals surface area contributed by atoms with Crippen molar-refractivity contribution in [3.63, 3.8) is 0 Å². The van der Waals surface area contributed by atoms with Crippen molar-refractivity contribution in [1.29, 1.82) is 0 Å². The molecule has 0 radical (unpaired) electrons. The van der Waals surface area contributed by atoms with E-state index >= 15 is 0 Å². The van der Waals surface area contributed by atoms with E-state index in [1.54, 1.807) is 49.4 Å². The summed E-state index contributed by atoms with van der Waals surface area (Å²) in [5, 5.41) is 3.45. The van der Waals surface area contributed by atoms with E-state index in [-0.39, 0.29) is 10.5 Å². The largest absolute Gasteiger partial charge is 0.321 e. The predicted octanol–water partition coefficient (Wildman–Crippen LogP) is 5.35. The fraction of sp³-hybridized carbons (Fsp3) is 0.0500. The number of benzene rings is 3. The fourth-order valence-corrected chi connectivity index (χ4v) is 3.94. The van der Waals surface area contributed by atoms with Gasteiger partial charge in [0.25, 0.3) is 15.9 Å². The molecule has 144 valence electrons. The normalized spacial score (nSPS) is 11.1. The van der Waals surface area contributed by atoms with Gasteiger partial charge in [0.05, 0.1) is 21.3 Å². The van der Waals surface area contributed by atoms with Crippen LogP contribution in [0.5, 0.6) is 0 Å². The Hall–Kier alpha value is -2.54.